The minimum atomic E-state index is -3.64. The van der Waals surface area contributed by atoms with Crippen LogP contribution in [0.15, 0.2) is 12.4 Å². The minimum absolute atomic E-state index is 0.0879. The number of hydrogen-bond donors (Lipinski definition) is 2. The van der Waals surface area contributed by atoms with Crippen molar-refractivity contribution < 1.29 is 17.9 Å². The topological polar surface area (TPSA) is 80.1 Å². The summed E-state index contributed by atoms with van der Waals surface area (Å²) < 4.78 is 47.5. The number of hydrogen-bond acceptors (Lipinski definition) is 7. The molecule has 8 nitrogen and oxygen atoms in total. The van der Waals surface area contributed by atoms with E-state index in [1.54, 1.807) is 6.92 Å². The van der Waals surface area contributed by atoms with E-state index in [0.717, 1.165) is 38.2 Å². The van der Waals surface area contributed by atoms with Crippen LogP contribution in [0.2, 0.25) is 0 Å². The van der Waals surface area contributed by atoms with Crippen LogP contribution in [0.1, 0.15) is 24.2 Å². The summed E-state index contributed by atoms with van der Waals surface area (Å²) in [6, 6.07) is 0.799. The Labute approximate surface area is 166 Å². The lowest BCUT2D eigenvalue weighted by Crippen LogP contribution is -2.59. The van der Waals surface area contributed by atoms with Crippen LogP contribution in [0.5, 0.6) is 0 Å². The van der Waals surface area contributed by atoms with Gasteiger partial charge in [-0.2, -0.15) is 18.9 Å². The Morgan fingerprint density at radius 2 is 2.03 bits per heavy atom. The predicted octanol–water partition coefficient (Wildman–Crippen LogP) is 2.47. The van der Waals surface area contributed by atoms with Gasteiger partial charge in [-0.05, 0) is 13.8 Å². The van der Waals surface area contributed by atoms with Gasteiger partial charge in [0, 0.05) is 32.0 Å². The molecule has 2 aromatic heterocycles. The van der Waals surface area contributed by atoms with Gasteiger partial charge < -0.3 is 15.4 Å². The molecular weight excluding hydrogens is 387 g/mol. The highest BCUT2D eigenvalue weighted by atomic mass is 19.3. The molecule has 2 saturated heterocycles. The quantitative estimate of drug-likeness (QED) is 0.691. The number of nitrogens with zero attached hydrogens (tertiary/aromatic N) is 5. The van der Waals surface area contributed by atoms with Crippen LogP contribution < -0.4 is 10.6 Å². The maximum atomic E-state index is 13.8. The Hall–Kier alpha value is -2.40. The Morgan fingerprint density at radius 1 is 1.28 bits per heavy atom. The third kappa shape index (κ3) is 3.88. The van der Waals surface area contributed by atoms with Crippen LogP contribution >= 0.6 is 0 Å². The van der Waals surface area contributed by atoms with Gasteiger partial charge in [-0.3, -0.25) is 9.58 Å². The molecular formula is C18H24F3N7O. The molecule has 2 N–H and O–H groups in total. The largest absolute Gasteiger partial charge is 0.378 e. The molecule has 0 aromatic carbocycles. The fourth-order valence-electron chi connectivity index (χ4n) is 3.38. The molecule has 29 heavy (non-hydrogen) atoms. The van der Waals surface area contributed by atoms with Gasteiger partial charge in [0.15, 0.2) is 6.67 Å². The zero-order valence-electron chi connectivity index (χ0n) is 16.3. The van der Waals surface area contributed by atoms with Crippen molar-refractivity contribution >= 4 is 17.5 Å². The monoisotopic (exact) mass is 411 g/mol. The van der Waals surface area contributed by atoms with Gasteiger partial charge >= 0.3 is 5.92 Å². The number of anilines is 3. The van der Waals surface area contributed by atoms with Crippen molar-refractivity contribution in [3.63, 3.8) is 0 Å². The highest BCUT2D eigenvalue weighted by Gasteiger charge is 2.38. The Kier molecular flexibility index (Phi) is 5.34. The van der Waals surface area contributed by atoms with Crippen LogP contribution in [0.25, 0.3) is 0 Å². The van der Waals surface area contributed by atoms with Crippen molar-refractivity contribution in [1.82, 2.24) is 24.6 Å². The summed E-state index contributed by atoms with van der Waals surface area (Å²) >= 11 is 0. The van der Waals surface area contributed by atoms with E-state index in [4.69, 9.17) is 4.74 Å². The van der Waals surface area contributed by atoms with Crippen molar-refractivity contribution in [2.45, 2.75) is 31.9 Å². The summed E-state index contributed by atoms with van der Waals surface area (Å²) in [6.07, 6.45) is 2.83. The molecule has 11 heteroatoms. The third-order valence-corrected chi connectivity index (χ3v) is 5.26. The van der Waals surface area contributed by atoms with Gasteiger partial charge in [-0.25, -0.2) is 9.37 Å². The lowest BCUT2D eigenvalue weighted by molar-refractivity contribution is -0.0997. The first-order chi connectivity index (χ1) is 13.9. The molecule has 4 heterocycles. The zero-order valence-corrected chi connectivity index (χ0v) is 16.3. The van der Waals surface area contributed by atoms with E-state index in [9.17, 15) is 13.2 Å². The van der Waals surface area contributed by atoms with Crippen LogP contribution in [0, 0.1) is 6.92 Å². The van der Waals surface area contributed by atoms with Gasteiger partial charge in [0.25, 0.3) is 0 Å². The average Bonchev–Trinajstić information content (AvgIpc) is 2.96. The number of halogens is 3. The number of rotatable bonds is 8. The number of aromatic nitrogens is 4. The van der Waals surface area contributed by atoms with Crippen molar-refractivity contribution in [2.24, 2.45) is 0 Å². The van der Waals surface area contributed by atoms with Crippen LogP contribution in [0.4, 0.5) is 30.6 Å². The standard InChI is InChI=1S/C18H24F3N7O/c1-3-22-16-14(18(20,21)10-19)4-23-17(25-16)24-15-7-28(26-11(15)2)12-5-27(6-12)13-8-29-9-13/h4,7,12-13H,3,5-6,8-10H2,1-2H3,(H2,22,23,24,25). The summed E-state index contributed by atoms with van der Waals surface area (Å²) in [7, 11) is 0. The van der Waals surface area contributed by atoms with Gasteiger partial charge in [-0.15, -0.1) is 0 Å². The molecule has 0 aliphatic carbocycles. The lowest BCUT2D eigenvalue weighted by atomic mass is 10.0. The molecule has 0 saturated carbocycles. The maximum Gasteiger partial charge on any atom is 0.306 e. The van der Waals surface area contributed by atoms with Crippen LogP contribution in [-0.2, 0) is 10.7 Å². The Bertz CT molecular complexity index is 865. The normalized spacial score (nSPS) is 18.4. The first-order valence-electron chi connectivity index (χ1n) is 9.61. The van der Waals surface area contributed by atoms with E-state index in [1.165, 1.54) is 0 Å². The van der Waals surface area contributed by atoms with Gasteiger partial charge in [0.1, 0.15) is 5.82 Å². The van der Waals surface area contributed by atoms with E-state index in [2.05, 4.69) is 30.6 Å². The van der Waals surface area contributed by atoms with E-state index in [0.29, 0.717) is 18.3 Å². The molecule has 158 valence electrons. The molecule has 0 amide bonds. The summed E-state index contributed by atoms with van der Waals surface area (Å²) in [5, 5.41) is 10.3. The fourth-order valence-corrected chi connectivity index (χ4v) is 3.38. The molecule has 2 aromatic rings. The van der Waals surface area contributed by atoms with E-state index in [-0.39, 0.29) is 17.8 Å². The zero-order chi connectivity index (χ0) is 20.6. The second-order valence-electron chi connectivity index (χ2n) is 7.36. The van der Waals surface area contributed by atoms with E-state index in [1.807, 2.05) is 17.8 Å². The molecule has 2 fully saturated rings. The summed E-state index contributed by atoms with van der Waals surface area (Å²) in [6.45, 7) is 5.59. The van der Waals surface area contributed by atoms with Gasteiger partial charge in [-0.1, -0.05) is 0 Å². The number of alkyl halides is 3. The fraction of sp³-hybridized carbons (Fsp3) is 0.611. The van der Waals surface area contributed by atoms with Crippen molar-refractivity contribution in [2.75, 3.05) is 50.2 Å². The number of likely N-dealkylation sites (tertiary alicyclic amines) is 1. The van der Waals surface area contributed by atoms with Crippen LogP contribution in [0.3, 0.4) is 0 Å². The Morgan fingerprint density at radius 3 is 2.66 bits per heavy atom. The smallest absolute Gasteiger partial charge is 0.306 e. The Balaban J connectivity index is 1.47. The number of ether oxygens (including phenoxy) is 1. The highest BCUT2D eigenvalue weighted by molar-refractivity contribution is 5.58. The number of aryl methyl sites for hydroxylation is 1. The first-order valence-corrected chi connectivity index (χ1v) is 9.61. The summed E-state index contributed by atoms with van der Waals surface area (Å²) in [5.41, 5.74) is 0.888. The van der Waals surface area contributed by atoms with Crippen LogP contribution in [-0.4, -0.2) is 70.2 Å². The molecule has 2 aliphatic heterocycles. The minimum Gasteiger partial charge on any atom is -0.378 e. The lowest BCUT2D eigenvalue weighted by Gasteiger charge is -2.47. The molecule has 4 rings (SSSR count). The first kappa shape index (κ1) is 19.9. The second kappa shape index (κ2) is 7.79. The predicted molar refractivity (Wildman–Crippen MR) is 102 cm³/mol. The molecule has 0 radical (unpaired) electrons. The second-order valence-corrected chi connectivity index (χ2v) is 7.36. The van der Waals surface area contributed by atoms with E-state index < -0.39 is 18.2 Å². The average molecular weight is 411 g/mol. The van der Waals surface area contributed by atoms with Crippen molar-refractivity contribution in [1.29, 1.82) is 0 Å². The molecule has 0 spiro atoms. The highest BCUT2D eigenvalue weighted by Crippen LogP contribution is 2.34. The molecule has 2 aliphatic rings. The van der Waals surface area contributed by atoms with Crippen molar-refractivity contribution in [3.05, 3.63) is 23.7 Å². The number of nitrogens with one attached hydrogen (secondary N) is 2. The van der Waals surface area contributed by atoms with Gasteiger partial charge in [0.2, 0.25) is 5.95 Å². The summed E-state index contributed by atoms with van der Waals surface area (Å²) in [5.74, 6) is -3.59. The third-order valence-electron chi connectivity index (χ3n) is 5.26. The van der Waals surface area contributed by atoms with Crippen molar-refractivity contribution in [3.8, 4) is 0 Å². The van der Waals surface area contributed by atoms with Gasteiger partial charge in [0.05, 0.1) is 42.2 Å². The molecule has 0 atom stereocenters. The maximum absolute atomic E-state index is 13.8. The van der Waals surface area contributed by atoms with E-state index >= 15 is 0 Å². The SMILES string of the molecule is CCNc1nc(Nc2cn(C3CN(C4COC4)C3)nc2C)ncc1C(F)(F)CF. The molecule has 0 unspecified atom stereocenters. The molecule has 0 bridgehead atoms. The summed E-state index contributed by atoms with van der Waals surface area (Å²) in [4.78, 5) is 10.4.